The number of rotatable bonds is 4. The number of phenolic OH excluding ortho intramolecular Hbond substituents is 2. The highest BCUT2D eigenvalue weighted by molar-refractivity contribution is 6.06. The summed E-state index contributed by atoms with van der Waals surface area (Å²) in [5.74, 6) is -0.666. The quantitative estimate of drug-likeness (QED) is 0.356. The van der Waals surface area contributed by atoms with Gasteiger partial charge in [0.1, 0.15) is 11.5 Å². The number of hydrogen-bond donors (Lipinski definition) is 4. The van der Waals surface area contributed by atoms with Crippen molar-refractivity contribution in [3.05, 3.63) is 120 Å². The molecule has 2 amide bonds. The van der Waals surface area contributed by atoms with Crippen molar-refractivity contribution in [1.29, 1.82) is 0 Å². The SMILES string of the molecule is O=C(Nc1ccccc1)c1ccccc1O.O=C(Nc1ccccc1)c1ccccc1O. The van der Waals surface area contributed by atoms with Gasteiger partial charge in [-0.15, -0.1) is 0 Å². The van der Waals surface area contributed by atoms with Gasteiger partial charge in [0, 0.05) is 11.4 Å². The first kappa shape index (κ1) is 22.1. The third-order valence-corrected chi connectivity index (χ3v) is 4.36. The molecule has 0 heterocycles. The molecule has 160 valence electrons. The maximum absolute atomic E-state index is 11.8. The van der Waals surface area contributed by atoms with Crippen LogP contribution in [0.5, 0.6) is 11.5 Å². The molecule has 6 nitrogen and oxygen atoms in total. The van der Waals surface area contributed by atoms with E-state index in [0.29, 0.717) is 11.4 Å². The minimum atomic E-state index is -0.315. The van der Waals surface area contributed by atoms with E-state index in [4.69, 9.17) is 0 Å². The number of hydrogen-bond acceptors (Lipinski definition) is 4. The molecule has 32 heavy (non-hydrogen) atoms. The molecule has 4 N–H and O–H groups in total. The van der Waals surface area contributed by atoms with Crippen LogP contribution in [-0.2, 0) is 0 Å². The van der Waals surface area contributed by atoms with Gasteiger partial charge in [-0.2, -0.15) is 0 Å². The number of benzene rings is 4. The van der Waals surface area contributed by atoms with Crippen LogP contribution in [0, 0.1) is 0 Å². The highest BCUT2D eigenvalue weighted by atomic mass is 16.3. The Bertz CT molecular complexity index is 1080. The molecule has 0 bridgehead atoms. The Morgan fingerprint density at radius 1 is 0.469 bits per heavy atom. The summed E-state index contributed by atoms with van der Waals surface area (Å²) < 4.78 is 0. The van der Waals surface area contributed by atoms with Gasteiger partial charge in [-0.1, -0.05) is 60.7 Å². The summed E-state index contributed by atoms with van der Waals surface area (Å²) in [5.41, 5.74) is 1.95. The molecule has 4 rings (SSSR count). The van der Waals surface area contributed by atoms with Gasteiger partial charge < -0.3 is 20.8 Å². The largest absolute Gasteiger partial charge is 0.507 e. The maximum Gasteiger partial charge on any atom is 0.259 e. The van der Waals surface area contributed by atoms with Crippen LogP contribution in [0.15, 0.2) is 109 Å². The van der Waals surface area contributed by atoms with Crippen molar-refractivity contribution in [2.24, 2.45) is 0 Å². The molecule has 6 heteroatoms. The fraction of sp³-hybridized carbons (Fsp3) is 0. The van der Waals surface area contributed by atoms with Crippen molar-refractivity contribution < 1.29 is 19.8 Å². The predicted octanol–water partition coefficient (Wildman–Crippen LogP) is 5.29. The Labute approximate surface area is 185 Å². The first-order chi connectivity index (χ1) is 15.5. The summed E-state index contributed by atoms with van der Waals surface area (Å²) in [5, 5.41) is 24.4. The topological polar surface area (TPSA) is 98.7 Å². The Balaban J connectivity index is 0.000000181. The van der Waals surface area contributed by atoms with Gasteiger partial charge in [-0.25, -0.2) is 0 Å². The Hall–Kier alpha value is -4.58. The van der Waals surface area contributed by atoms with Crippen molar-refractivity contribution in [1.82, 2.24) is 0 Å². The zero-order valence-electron chi connectivity index (χ0n) is 17.1. The lowest BCUT2D eigenvalue weighted by Gasteiger charge is -2.05. The number of amides is 2. The predicted molar refractivity (Wildman–Crippen MR) is 125 cm³/mol. The van der Waals surface area contributed by atoms with Crippen LogP contribution in [-0.4, -0.2) is 22.0 Å². The van der Waals surface area contributed by atoms with Crippen molar-refractivity contribution in [2.75, 3.05) is 10.6 Å². The van der Waals surface area contributed by atoms with Gasteiger partial charge in [0.05, 0.1) is 11.1 Å². The minimum Gasteiger partial charge on any atom is -0.507 e. The summed E-state index contributed by atoms with van der Waals surface area (Å²) in [7, 11) is 0. The van der Waals surface area contributed by atoms with Crippen LogP contribution >= 0.6 is 0 Å². The molecule has 0 saturated carbocycles. The lowest BCUT2D eigenvalue weighted by atomic mass is 10.2. The fourth-order valence-corrected chi connectivity index (χ4v) is 2.77. The Morgan fingerprint density at radius 3 is 1.12 bits per heavy atom. The summed E-state index contributed by atoms with van der Waals surface area (Å²) in [6.07, 6.45) is 0. The smallest absolute Gasteiger partial charge is 0.259 e. The molecule has 0 aliphatic rings. The monoisotopic (exact) mass is 426 g/mol. The number of phenols is 2. The molecule has 0 fully saturated rings. The molecule has 4 aromatic carbocycles. The van der Waals surface area contributed by atoms with Gasteiger partial charge in [-0.05, 0) is 48.5 Å². The van der Waals surface area contributed by atoms with Crippen molar-refractivity contribution in [2.45, 2.75) is 0 Å². The van der Waals surface area contributed by atoms with Crippen LogP contribution in [0.25, 0.3) is 0 Å². The number of nitrogens with one attached hydrogen (secondary N) is 2. The van der Waals surface area contributed by atoms with Crippen LogP contribution in [0.4, 0.5) is 11.4 Å². The lowest BCUT2D eigenvalue weighted by Crippen LogP contribution is -2.11. The fourth-order valence-electron chi connectivity index (χ4n) is 2.77. The van der Waals surface area contributed by atoms with E-state index in [-0.39, 0.29) is 34.4 Å². The first-order valence-corrected chi connectivity index (χ1v) is 9.83. The molecule has 0 saturated heterocycles. The van der Waals surface area contributed by atoms with Crippen LogP contribution in [0.2, 0.25) is 0 Å². The number of carbonyl (C=O) groups is 2. The highest BCUT2D eigenvalue weighted by Gasteiger charge is 2.10. The third-order valence-electron chi connectivity index (χ3n) is 4.36. The van der Waals surface area contributed by atoms with Crippen LogP contribution < -0.4 is 10.6 Å². The second-order valence-corrected chi connectivity index (χ2v) is 6.67. The maximum atomic E-state index is 11.8. The molecule has 0 aliphatic carbocycles. The number of anilines is 2. The Kier molecular flexibility index (Phi) is 7.59. The second kappa shape index (κ2) is 11.0. The van der Waals surface area contributed by atoms with E-state index < -0.39 is 0 Å². The second-order valence-electron chi connectivity index (χ2n) is 6.67. The normalized spacial score (nSPS) is 9.75. The minimum absolute atomic E-state index is 0.0177. The molecule has 0 atom stereocenters. The van der Waals surface area contributed by atoms with E-state index in [1.54, 1.807) is 60.7 Å². The first-order valence-electron chi connectivity index (χ1n) is 9.83. The van der Waals surface area contributed by atoms with Crippen LogP contribution in [0.3, 0.4) is 0 Å². The van der Waals surface area contributed by atoms with Gasteiger partial charge in [0.2, 0.25) is 0 Å². The molecule has 0 aromatic heterocycles. The van der Waals surface area contributed by atoms with Gasteiger partial charge in [0.15, 0.2) is 0 Å². The third kappa shape index (κ3) is 6.21. The zero-order chi connectivity index (χ0) is 22.8. The van der Waals surface area contributed by atoms with E-state index in [1.165, 1.54) is 12.1 Å². The standard InChI is InChI=1S/2C13H11NO2/c2*15-12-9-5-4-8-11(12)13(16)14-10-6-2-1-3-7-10/h2*1-9,15H,(H,14,16). The van der Waals surface area contributed by atoms with Gasteiger partial charge in [-0.3, -0.25) is 9.59 Å². The number of carbonyl (C=O) groups excluding carboxylic acids is 2. The van der Waals surface area contributed by atoms with E-state index in [0.717, 1.165) is 0 Å². The van der Waals surface area contributed by atoms with Crippen molar-refractivity contribution >= 4 is 23.2 Å². The summed E-state index contributed by atoms with van der Waals surface area (Å²) in [6.45, 7) is 0. The molecule has 0 aliphatic heterocycles. The number of para-hydroxylation sites is 4. The van der Waals surface area contributed by atoms with Crippen molar-refractivity contribution in [3.63, 3.8) is 0 Å². The Morgan fingerprint density at radius 2 is 0.781 bits per heavy atom. The molecule has 4 aromatic rings. The molecule has 0 radical (unpaired) electrons. The van der Waals surface area contributed by atoms with E-state index in [1.807, 2.05) is 36.4 Å². The summed E-state index contributed by atoms with van der Waals surface area (Å²) in [6, 6.07) is 31.1. The van der Waals surface area contributed by atoms with Gasteiger partial charge >= 0.3 is 0 Å². The highest BCUT2D eigenvalue weighted by Crippen LogP contribution is 2.18. The van der Waals surface area contributed by atoms with Crippen LogP contribution in [0.1, 0.15) is 20.7 Å². The average Bonchev–Trinajstić information content (AvgIpc) is 2.81. The van der Waals surface area contributed by atoms with E-state index in [2.05, 4.69) is 10.6 Å². The van der Waals surface area contributed by atoms with Crippen molar-refractivity contribution in [3.8, 4) is 11.5 Å². The summed E-state index contributed by atoms with van der Waals surface area (Å²) >= 11 is 0. The average molecular weight is 426 g/mol. The molecule has 0 unspecified atom stereocenters. The lowest BCUT2D eigenvalue weighted by molar-refractivity contribution is 0.101. The molecular formula is C26H22N2O4. The molecule has 0 spiro atoms. The van der Waals surface area contributed by atoms with Gasteiger partial charge in [0.25, 0.3) is 11.8 Å². The zero-order valence-corrected chi connectivity index (χ0v) is 17.1. The number of aromatic hydroxyl groups is 2. The van der Waals surface area contributed by atoms with E-state index >= 15 is 0 Å². The summed E-state index contributed by atoms with van der Waals surface area (Å²) in [4.78, 5) is 23.5. The van der Waals surface area contributed by atoms with E-state index in [9.17, 15) is 19.8 Å². The molecular weight excluding hydrogens is 404 g/mol.